The maximum Gasteiger partial charge on any atom is 0.187 e. The van der Waals surface area contributed by atoms with Crippen LogP contribution in [0.5, 0.6) is 0 Å². The van der Waals surface area contributed by atoms with Crippen molar-refractivity contribution < 1.29 is 4.74 Å². The first-order chi connectivity index (χ1) is 11.4. The van der Waals surface area contributed by atoms with Crippen molar-refractivity contribution in [1.29, 1.82) is 0 Å². The zero-order chi connectivity index (χ0) is 15.5. The summed E-state index contributed by atoms with van der Waals surface area (Å²) in [4.78, 5) is 4.64. The maximum atomic E-state index is 5.85. The van der Waals surface area contributed by atoms with E-state index in [1.807, 2.05) is 0 Å². The van der Waals surface area contributed by atoms with Crippen molar-refractivity contribution in [3.8, 4) is 0 Å². The highest BCUT2D eigenvalue weighted by atomic mass is 31.1. The summed E-state index contributed by atoms with van der Waals surface area (Å²) in [6.07, 6.45) is 3.79. The van der Waals surface area contributed by atoms with Gasteiger partial charge in [-0.25, -0.2) is 0 Å². The van der Waals surface area contributed by atoms with Gasteiger partial charge < -0.3 is 4.74 Å². The summed E-state index contributed by atoms with van der Waals surface area (Å²) in [6, 6.07) is 22.1. The Bertz CT molecular complexity index is 631. The van der Waals surface area contributed by atoms with E-state index in [9.17, 15) is 0 Å². The minimum atomic E-state index is -0.368. The first-order valence-corrected chi connectivity index (χ1v) is 9.91. The van der Waals surface area contributed by atoms with Crippen molar-refractivity contribution in [1.82, 2.24) is 0 Å². The number of hydrogen-bond acceptors (Lipinski definition) is 2. The highest BCUT2D eigenvalue weighted by molar-refractivity contribution is 7.73. The van der Waals surface area contributed by atoms with Crippen LogP contribution < -0.4 is 10.6 Å². The minimum absolute atomic E-state index is 0.368. The largest absolute Gasteiger partial charge is 0.479 e. The first-order valence-electron chi connectivity index (χ1n) is 8.50. The summed E-state index contributed by atoms with van der Waals surface area (Å²) in [5.41, 5.74) is 0.645. The molecule has 2 aromatic rings. The standard InChI is InChI=1S/C20H22NOP/c1-3-8-16(9-4-1)23(17-10-5-2-6-11-17)19-13-7-12-18(19)20-21-14-15-22-20/h1-6,8-11,18-19H,7,12-15H2. The van der Waals surface area contributed by atoms with E-state index in [-0.39, 0.29) is 7.92 Å². The molecule has 0 bridgehead atoms. The lowest BCUT2D eigenvalue weighted by atomic mass is 10.1. The summed E-state index contributed by atoms with van der Waals surface area (Å²) >= 11 is 0. The molecule has 1 aliphatic carbocycles. The summed E-state index contributed by atoms with van der Waals surface area (Å²) in [5.74, 6) is 1.54. The second-order valence-corrected chi connectivity index (χ2v) is 8.65. The first kappa shape index (κ1) is 14.9. The van der Waals surface area contributed by atoms with Crippen molar-refractivity contribution >= 4 is 24.4 Å². The third-order valence-electron chi connectivity index (χ3n) is 4.81. The van der Waals surface area contributed by atoms with Gasteiger partial charge in [0.1, 0.15) is 6.61 Å². The molecular formula is C20H22NOP. The van der Waals surface area contributed by atoms with E-state index < -0.39 is 0 Å². The van der Waals surface area contributed by atoms with Crippen molar-refractivity contribution in [3.63, 3.8) is 0 Å². The fraction of sp³-hybridized carbons (Fsp3) is 0.350. The predicted molar refractivity (Wildman–Crippen MR) is 98.5 cm³/mol. The number of benzene rings is 2. The Labute approximate surface area is 139 Å². The molecule has 1 aliphatic heterocycles. The lowest BCUT2D eigenvalue weighted by molar-refractivity contribution is 0.323. The fourth-order valence-electron chi connectivity index (χ4n) is 3.82. The summed E-state index contributed by atoms with van der Waals surface area (Å²) < 4.78 is 5.85. The van der Waals surface area contributed by atoms with Crippen LogP contribution in [0.2, 0.25) is 0 Å². The van der Waals surface area contributed by atoms with Gasteiger partial charge in [-0.1, -0.05) is 67.1 Å². The molecule has 2 atom stereocenters. The zero-order valence-electron chi connectivity index (χ0n) is 13.3. The molecule has 1 fully saturated rings. The van der Waals surface area contributed by atoms with Crippen LogP contribution in [0.1, 0.15) is 19.3 Å². The van der Waals surface area contributed by atoms with Crippen molar-refractivity contribution in [3.05, 3.63) is 60.7 Å². The van der Waals surface area contributed by atoms with E-state index >= 15 is 0 Å². The van der Waals surface area contributed by atoms with E-state index in [1.54, 1.807) is 0 Å². The quantitative estimate of drug-likeness (QED) is 0.786. The van der Waals surface area contributed by atoms with Gasteiger partial charge >= 0.3 is 0 Å². The molecular weight excluding hydrogens is 301 g/mol. The molecule has 2 aliphatic rings. The van der Waals surface area contributed by atoms with Crippen LogP contribution in [0.25, 0.3) is 0 Å². The monoisotopic (exact) mass is 323 g/mol. The second-order valence-electron chi connectivity index (χ2n) is 6.21. The van der Waals surface area contributed by atoms with E-state index in [0.717, 1.165) is 19.0 Å². The van der Waals surface area contributed by atoms with Gasteiger partial charge in [0.05, 0.1) is 6.54 Å². The molecule has 2 aromatic carbocycles. The van der Waals surface area contributed by atoms with E-state index in [1.165, 1.54) is 29.9 Å². The topological polar surface area (TPSA) is 21.6 Å². The average molecular weight is 323 g/mol. The smallest absolute Gasteiger partial charge is 0.187 e. The molecule has 0 spiro atoms. The molecule has 0 radical (unpaired) electrons. The van der Waals surface area contributed by atoms with Crippen LogP contribution in [-0.2, 0) is 4.74 Å². The molecule has 4 rings (SSSR count). The molecule has 23 heavy (non-hydrogen) atoms. The van der Waals surface area contributed by atoms with Gasteiger partial charge in [-0.05, 0) is 37.0 Å². The van der Waals surface area contributed by atoms with Crippen LogP contribution in [0, 0.1) is 5.92 Å². The highest BCUT2D eigenvalue weighted by Gasteiger charge is 2.39. The Hall–Kier alpha value is -1.66. The lowest BCUT2D eigenvalue weighted by Gasteiger charge is -2.29. The zero-order valence-corrected chi connectivity index (χ0v) is 14.2. The van der Waals surface area contributed by atoms with Crippen molar-refractivity contribution in [2.45, 2.75) is 24.9 Å². The molecule has 2 unspecified atom stereocenters. The average Bonchev–Trinajstić information content (AvgIpc) is 3.28. The van der Waals surface area contributed by atoms with Crippen LogP contribution >= 0.6 is 7.92 Å². The third kappa shape index (κ3) is 3.05. The van der Waals surface area contributed by atoms with Crippen LogP contribution in [-0.4, -0.2) is 24.7 Å². The normalized spacial score (nSPS) is 23.8. The van der Waals surface area contributed by atoms with E-state index in [2.05, 4.69) is 65.7 Å². The van der Waals surface area contributed by atoms with E-state index in [4.69, 9.17) is 4.74 Å². The van der Waals surface area contributed by atoms with Gasteiger partial charge in [-0.2, -0.15) is 0 Å². The van der Waals surface area contributed by atoms with Crippen LogP contribution in [0.3, 0.4) is 0 Å². The number of aliphatic imine (C=N–C) groups is 1. The van der Waals surface area contributed by atoms with Gasteiger partial charge in [0.2, 0.25) is 0 Å². The van der Waals surface area contributed by atoms with Crippen molar-refractivity contribution in [2.24, 2.45) is 10.9 Å². The Morgan fingerprint density at radius 3 is 2.09 bits per heavy atom. The second kappa shape index (κ2) is 6.84. The number of nitrogens with zero attached hydrogens (tertiary/aromatic N) is 1. The Morgan fingerprint density at radius 2 is 1.52 bits per heavy atom. The van der Waals surface area contributed by atoms with E-state index in [0.29, 0.717) is 11.6 Å². The van der Waals surface area contributed by atoms with Crippen LogP contribution in [0.4, 0.5) is 0 Å². The van der Waals surface area contributed by atoms with Gasteiger partial charge in [0.15, 0.2) is 5.90 Å². The Kier molecular flexibility index (Phi) is 4.43. The highest BCUT2D eigenvalue weighted by Crippen LogP contribution is 2.50. The van der Waals surface area contributed by atoms with Gasteiger partial charge in [-0.3, -0.25) is 4.99 Å². The number of hydrogen-bond donors (Lipinski definition) is 0. The summed E-state index contributed by atoms with van der Waals surface area (Å²) in [6.45, 7) is 1.61. The van der Waals surface area contributed by atoms with Crippen LogP contribution in [0.15, 0.2) is 65.7 Å². The SMILES string of the molecule is c1ccc(P(c2ccccc2)C2CCCC2C2=NCCO2)cc1. The molecule has 1 heterocycles. The summed E-state index contributed by atoms with van der Waals surface area (Å²) in [5, 5.41) is 2.95. The van der Waals surface area contributed by atoms with Gasteiger partial charge in [-0.15, -0.1) is 0 Å². The Balaban J connectivity index is 1.73. The molecule has 3 heteroatoms. The third-order valence-corrected chi connectivity index (χ3v) is 7.80. The molecule has 0 amide bonds. The maximum absolute atomic E-state index is 5.85. The number of rotatable bonds is 4. The number of ether oxygens (including phenoxy) is 1. The summed E-state index contributed by atoms with van der Waals surface area (Å²) in [7, 11) is -0.368. The molecule has 118 valence electrons. The fourth-order valence-corrected chi connectivity index (χ4v) is 6.95. The molecule has 0 saturated heterocycles. The lowest BCUT2D eigenvalue weighted by Crippen LogP contribution is -2.29. The minimum Gasteiger partial charge on any atom is -0.479 e. The predicted octanol–water partition coefficient (Wildman–Crippen LogP) is 3.72. The molecule has 0 aromatic heterocycles. The van der Waals surface area contributed by atoms with Gasteiger partial charge in [0.25, 0.3) is 0 Å². The molecule has 1 saturated carbocycles. The van der Waals surface area contributed by atoms with Crippen molar-refractivity contribution in [2.75, 3.05) is 13.2 Å². The van der Waals surface area contributed by atoms with Gasteiger partial charge in [0, 0.05) is 5.92 Å². The Morgan fingerprint density at radius 1 is 0.870 bits per heavy atom. The molecule has 2 nitrogen and oxygen atoms in total. The molecule has 0 N–H and O–H groups in total.